The standard InChI is InChI=1S/C14H22O6P2/c1-11(2)10-13-8-6-12(7-9-13)4-3-5-14(21(15,16)17)22(18,19)20/h6-10,14H,3-5H2,1-2H3,(H2,15,16,17)(H2,18,19,20). The van der Waals surface area contributed by atoms with Gasteiger partial charge in [0.15, 0.2) is 5.40 Å². The third-order valence-electron chi connectivity index (χ3n) is 3.14. The molecule has 0 aliphatic carbocycles. The molecule has 0 amide bonds. The van der Waals surface area contributed by atoms with Gasteiger partial charge in [-0.15, -0.1) is 0 Å². The Morgan fingerprint density at radius 2 is 1.55 bits per heavy atom. The predicted octanol–water partition coefficient (Wildman–Crippen LogP) is 3.11. The van der Waals surface area contributed by atoms with E-state index in [1.165, 1.54) is 5.57 Å². The summed E-state index contributed by atoms with van der Waals surface area (Å²) in [7, 11) is -9.63. The average Bonchev–Trinajstić information content (AvgIpc) is 2.32. The first-order chi connectivity index (χ1) is 10.00. The minimum Gasteiger partial charge on any atom is -0.324 e. The van der Waals surface area contributed by atoms with Gasteiger partial charge in [0, 0.05) is 0 Å². The first-order valence-corrected chi connectivity index (χ1v) is 10.2. The fourth-order valence-corrected chi connectivity index (χ4v) is 4.74. The Hall–Kier alpha value is -0.740. The highest BCUT2D eigenvalue weighted by atomic mass is 31.2. The molecule has 0 aromatic heterocycles. The van der Waals surface area contributed by atoms with Crippen molar-refractivity contribution >= 4 is 21.3 Å². The van der Waals surface area contributed by atoms with Gasteiger partial charge >= 0.3 is 15.2 Å². The van der Waals surface area contributed by atoms with Gasteiger partial charge in [0.05, 0.1) is 0 Å². The molecule has 124 valence electrons. The molecule has 8 heteroatoms. The summed E-state index contributed by atoms with van der Waals surface area (Å²) >= 11 is 0. The third-order valence-corrected chi connectivity index (χ3v) is 7.01. The van der Waals surface area contributed by atoms with Crippen LogP contribution in [0.25, 0.3) is 6.08 Å². The Kier molecular flexibility index (Phi) is 6.75. The summed E-state index contributed by atoms with van der Waals surface area (Å²) in [6.45, 7) is 4.00. The zero-order valence-corrected chi connectivity index (χ0v) is 14.4. The molecule has 22 heavy (non-hydrogen) atoms. The van der Waals surface area contributed by atoms with Gasteiger partial charge in [-0.05, 0) is 44.2 Å². The van der Waals surface area contributed by atoms with E-state index in [0.717, 1.165) is 11.1 Å². The van der Waals surface area contributed by atoms with Crippen LogP contribution in [-0.2, 0) is 15.6 Å². The van der Waals surface area contributed by atoms with Gasteiger partial charge in [-0.3, -0.25) is 9.13 Å². The first kappa shape index (κ1) is 19.3. The van der Waals surface area contributed by atoms with Crippen molar-refractivity contribution in [1.29, 1.82) is 0 Å². The largest absolute Gasteiger partial charge is 0.340 e. The smallest absolute Gasteiger partial charge is 0.324 e. The molecule has 0 saturated heterocycles. The van der Waals surface area contributed by atoms with Gasteiger partial charge in [0.25, 0.3) is 0 Å². The number of aryl methyl sites for hydroxylation is 1. The molecule has 0 unspecified atom stereocenters. The van der Waals surface area contributed by atoms with E-state index >= 15 is 0 Å². The van der Waals surface area contributed by atoms with Crippen LogP contribution in [-0.4, -0.2) is 25.0 Å². The molecular formula is C14H22O6P2. The lowest BCUT2D eigenvalue weighted by molar-refractivity contribution is 0.334. The quantitative estimate of drug-likeness (QED) is 0.563. The summed E-state index contributed by atoms with van der Waals surface area (Å²) < 4.78 is 22.3. The molecule has 1 rings (SSSR count). The van der Waals surface area contributed by atoms with E-state index in [2.05, 4.69) is 0 Å². The Labute approximate surface area is 130 Å². The van der Waals surface area contributed by atoms with Gasteiger partial charge in [0.2, 0.25) is 0 Å². The molecule has 0 atom stereocenters. The van der Waals surface area contributed by atoms with Crippen molar-refractivity contribution in [3.8, 4) is 0 Å². The van der Waals surface area contributed by atoms with Crippen LogP contribution in [0.2, 0.25) is 0 Å². The maximum atomic E-state index is 11.2. The lowest BCUT2D eigenvalue weighted by Gasteiger charge is -2.19. The predicted molar refractivity (Wildman–Crippen MR) is 86.6 cm³/mol. The van der Waals surface area contributed by atoms with Crippen LogP contribution < -0.4 is 0 Å². The topological polar surface area (TPSA) is 115 Å². The van der Waals surface area contributed by atoms with E-state index in [4.69, 9.17) is 19.6 Å². The van der Waals surface area contributed by atoms with E-state index in [1.54, 1.807) is 0 Å². The zero-order valence-electron chi connectivity index (χ0n) is 12.6. The summed E-state index contributed by atoms with van der Waals surface area (Å²) in [6.07, 6.45) is 2.61. The van der Waals surface area contributed by atoms with Crippen molar-refractivity contribution in [3.63, 3.8) is 0 Å². The maximum Gasteiger partial charge on any atom is 0.340 e. The summed E-state index contributed by atoms with van der Waals surface area (Å²) in [5.74, 6) is 0. The highest BCUT2D eigenvalue weighted by molar-refractivity contribution is 7.70. The second kappa shape index (κ2) is 7.69. The second-order valence-corrected chi connectivity index (χ2v) is 9.52. The van der Waals surface area contributed by atoms with Gasteiger partial charge in [-0.1, -0.05) is 35.9 Å². The molecule has 1 aromatic carbocycles. The Bertz CT molecular complexity index is 585. The van der Waals surface area contributed by atoms with Gasteiger partial charge in [0.1, 0.15) is 0 Å². The van der Waals surface area contributed by atoms with E-state index < -0.39 is 20.6 Å². The Balaban J connectivity index is 2.65. The Morgan fingerprint density at radius 3 is 1.95 bits per heavy atom. The fraction of sp³-hybridized carbons (Fsp3) is 0.429. The van der Waals surface area contributed by atoms with Crippen LogP contribution in [0.5, 0.6) is 0 Å². The minimum absolute atomic E-state index is 0.218. The van der Waals surface area contributed by atoms with Crippen LogP contribution >= 0.6 is 15.2 Å². The number of benzene rings is 1. The summed E-state index contributed by atoms with van der Waals surface area (Å²) in [6, 6.07) is 7.68. The molecule has 0 saturated carbocycles. The van der Waals surface area contributed by atoms with Crippen molar-refractivity contribution in [3.05, 3.63) is 41.0 Å². The lowest BCUT2D eigenvalue weighted by atomic mass is 10.1. The van der Waals surface area contributed by atoms with Crippen LogP contribution in [0.15, 0.2) is 29.8 Å². The lowest BCUT2D eigenvalue weighted by Crippen LogP contribution is -2.09. The Morgan fingerprint density at radius 1 is 1.05 bits per heavy atom. The molecule has 0 spiro atoms. The SMILES string of the molecule is CC(C)=Cc1ccc(CCCC(P(=O)(O)O)P(=O)(O)O)cc1. The molecule has 0 heterocycles. The van der Waals surface area contributed by atoms with Gasteiger partial charge in [-0.2, -0.15) is 0 Å². The summed E-state index contributed by atoms with van der Waals surface area (Å²) in [5, 5.41) is -1.91. The second-order valence-electron chi connectivity index (χ2n) is 5.51. The molecule has 0 aliphatic heterocycles. The molecule has 6 nitrogen and oxygen atoms in total. The first-order valence-electron chi connectivity index (χ1n) is 6.84. The van der Waals surface area contributed by atoms with E-state index in [9.17, 15) is 9.13 Å². The van der Waals surface area contributed by atoms with E-state index in [1.807, 2.05) is 44.2 Å². The minimum atomic E-state index is -4.81. The fourth-order valence-electron chi connectivity index (χ4n) is 2.13. The van der Waals surface area contributed by atoms with Crippen LogP contribution in [0.1, 0.15) is 37.8 Å². The molecule has 0 bridgehead atoms. The van der Waals surface area contributed by atoms with Gasteiger partial charge < -0.3 is 19.6 Å². The normalized spacial score (nSPS) is 12.5. The van der Waals surface area contributed by atoms with Crippen molar-refractivity contribution in [2.75, 3.05) is 0 Å². The highest BCUT2D eigenvalue weighted by Gasteiger charge is 2.42. The van der Waals surface area contributed by atoms with Crippen molar-refractivity contribution < 1.29 is 28.7 Å². The number of allylic oxidation sites excluding steroid dienone is 1. The molecule has 1 aromatic rings. The van der Waals surface area contributed by atoms with Crippen LogP contribution in [0.4, 0.5) is 0 Å². The molecule has 0 radical (unpaired) electrons. The van der Waals surface area contributed by atoms with E-state index in [-0.39, 0.29) is 6.42 Å². The third kappa shape index (κ3) is 6.57. The number of hydrogen-bond donors (Lipinski definition) is 4. The maximum absolute atomic E-state index is 11.2. The molecular weight excluding hydrogens is 326 g/mol. The number of rotatable bonds is 7. The van der Waals surface area contributed by atoms with Gasteiger partial charge in [-0.25, -0.2) is 0 Å². The van der Waals surface area contributed by atoms with Crippen molar-refractivity contribution in [1.82, 2.24) is 0 Å². The van der Waals surface area contributed by atoms with Crippen molar-refractivity contribution in [2.24, 2.45) is 0 Å². The summed E-state index contributed by atoms with van der Waals surface area (Å²) in [5.41, 5.74) is 3.20. The molecule has 4 N–H and O–H groups in total. The van der Waals surface area contributed by atoms with Crippen LogP contribution in [0, 0.1) is 0 Å². The molecule has 0 fully saturated rings. The van der Waals surface area contributed by atoms with Crippen molar-refractivity contribution in [2.45, 2.75) is 38.5 Å². The molecule has 0 aliphatic rings. The van der Waals surface area contributed by atoms with Crippen LogP contribution in [0.3, 0.4) is 0 Å². The average molecular weight is 348 g/mol. The number of hydrogen-bond acceptors (Lipinski definition) is 2. The highest BCUT2D eigenvalue weighted by Crippen LogP contribution is 2.61. The van der Waals surface area contributed by atoms with E-state index in [0.29, 0.717) is 12.8 Å². The monoisotopic (exact) mass is 348 g/mol. The zero-order chi connectivity index (χ0) is 17.0. The summed E-state index contributed by atoms with van der Waals surface area (Å²) in [4.78, 5) is 36.2.